The van der Waals surface area contributed by atoms with Gasteiger partial charge in [-0.25, -0.2) is 9.97 Å². The molecule has 8 nitrogen and oxygen atoms in total. The first-order valence-corrected chi connectivity index (χ1v) is 10.4. The summed E-state index contributed by atoms with van der Waals surface area (Å²) in [5.74, 6) is 0.941. The summed E-state index contributed by atoms with van der Waals surface area (Å²) in [4.78, 5) is 21.6. The van der Waals surface area contributed by atoms with Crippen molar-refractivity contribution in [2.45, 2.75) is 6.92 Å². The van der Waals surface area contributed by atoms with Gasteiger partial charge in [-0.15, -0.1) is 5.10 Å². The molecule has 4 aromatic rings. The number of likely N-dealkylation sites (N-methyl/N-ethyl adjacent to an activating group) is 1. The molecule has 1 amide bonds. The number of nitrogens with zero attached hydrogens (tertiary/aromatic N) is 4. The second-order valence-corrected chi connectivity index (χ2v) is 7.77. The molecule has 0 aliphatic heterocycles. The zero-order valence-corrected chi connectivity index (χ0v) is 18.3. The number of carbonyl (C=O) groups is 1. The first kappa shape index (κ1) is 20.2. The molecule has 2 heterocycles. The van der Waals surface area contributed by atoms with E-state index in [4.69, 9.17) is 9.97 Å². The van der Waals surface area contributed by atoms with E-state index in [-0.39, 0.29) is 12.5 Å². The maximum absolute atomic E-state index is 12.1. The highest BCUT2D eigenvalue weighted by Crippen LogP contribution is 2.28. The summed E-state index contributed by atoms with van der Waals surface area (Å²) in [6.07, 6.45) is 0. The molecule has 0 saturated carbocycles. The van der Waals surface area contributed by atoms with Crippen molar-refractivity contribution in [1.82, 2.24) is 30.2 Å². The Kier molecular flexibility index (Phi) is 5.91. The van der Waals surface area contributed by atoms with Crippen molar-refractivity contribution in [2.24, 2.45) is 0 Å². The van der Waals surface area contributed by atoms with E-state index in [9.17, 15) is 4.79 Å². The van der Waals surface area contributed by atoms with Crippen LogP contribution in [0.5, 0.6) is 0 Å². The molecule has 4 rings (SSSR count). The number of amides is 1. The Balaban J connectivity index is 1.75. The van der Waals surface area contributed by atoms with Crippen molar-refractivity contribution in [3.05, 3.63) is 52.5 Å². The van der Waals surface area contributed by atoms with Crippen LogP contribution in [0.4, 0.5) is 5.95 Å². The predicted octanol–water partition coefficient (Wildman–Crippen LogP) is 2.76. The minimum atomic E-state index is -0.119. The number of aryl methyl sites for hydroxylation is 1. The van der Waals surface area contributed by atoms with Crippen LogP contribution in [0.25, 0.3) is 27.9 Å². The number of aromatic nitrogens is 4. The molecule has 0 fully saturated rings. The summed E-state index contributed by atoms with van der Waals surface area (Å²) in [5.41, 5.74) is 3.52. The topological polar surface area (TPSA) is 96.2 Å². The van der Waals surface area contributed by atoms with Crippen LogP contribution in [-0.4, -0.2) is 52.2 Å². The maximum Gasteiger partial charge on any atom is 0.239 e. The van der Waals surface area contributed by atoms with Gasteiger partial charge in [-0.1, -0.05) is 35.9 Å². The summed E-state index contributed by atoms with van der Waals surface area (Å²) < 4.78 is 2.51. The highest BCUT2D eigenvalue weighted by Gasteiger charge is 2.16. The largest absolute Gasteiger partial charge is 0.353 e. The second kappa shape index (κ2) is 8.76. The van der Waals surface area contributed by atoms with E-state index < -0.39 is 0 Å². The lowest BCUT2D eigenvalue weighted by molar-refractivity contribution is -0.119. The molecule has 0 aliphatic rings. The third kappa shape index (κ3) is 4.12. The Morgan fingerprint density at radius 2 is 1.90 bits per heavy atom. The van der Waals surface area contributed by atoms with Crippen LogP contribution in [0.2, 0.25) is 0 Å². The van der Waals surface area contributed by atoms with Gasteiger partial charge in [0.25, 0.3) is 0 Å². The summed E-state index contributed by atoms with van der Waals surface area (Å²) >= 11 is 3.56. The Morgan fingerprint density at radius 3 is 2.67 bits per heavy atom. The van der Waals surface area contributed by atoms with Gasteiger partial charge in [0.05, 0.1) is 12.1 Å². The minimum absolute atomic E-state index is 0.0848. The van der Waals surface area contributed by atoms with E-state index in [0.29, 0.717) is 30.5 Å². The van der Waals surface area contributed by atoms with E-state index in [1.165, 1.54) is 5.56 Å². The normalized spacial score (nSPS) is 11.2. The number of nitrogens with one attached hydrogen (secondary N) is 3. The highest BCUT2D eigenvalue weighted by molar-refractivity contribution is 9.10. The molecule has 3 N–H and O–H groups in total. The molecule has 30 heavy (non-hydrogen) atoms. The molecule has 2 aromatic carbocycles. The number of rotatable bonds is 7. The van der Waals surface area contributed by atoms with Crippen molar-refractivity contribution in [3.63, 3.8) is 0 Å². The van der Waals surface area contributed by atoms with Gasteiger partial charge in [0, 0.05) is 28.5 Å². The van der Waals surface area contributed by atoms with Crippen molar-refractivity contribution in [1.29, 1.82) is 0 Å². The lowest BCUT2D eigenvalue weighted by Crippen LogP contribution is -2.34. The van der Waals surface area contributed by atoms with E-state index in [0.717, 1.165) is 20.9 Å². The Bertz CT molecular complexity index is 1200. The molecular formula is C21H22BrN7O. The number of para-hydroxylation sites is 1. The van der Waals surface area contributed by atoms with Crippen molar-refractivity contribution >= 4 is 44.3 Å². The summed E-state index contributed by atoms with van der Waals surface area (Å²) in [6, 6.07) is 13.9. The summed E-state index contributed by atoms with van der Waals surface area (Å²) in [5, 5.41) is 14.5. The van der Waals surface area contributed by atoms with E-state index in [1.807, 2.05) is 56.4 Å². The maximum atomic E-state index is 12.1. The van der Waals surface area contributed by atoms with Crippen LogP contribution in [0.15, 0.2) is 46.9 Å². The van der Waals surface area contributed by atoms with Gasteiger partial charge >= 0.3 is 0 Å². The van der Waals surface area contributed by atoms with Crippen molar-refractivity contribution < 1.29 is 4.79 Å². The molecule has 0 atom stereocenters. The van der Waals surface area contributed by atoms with Crippen LogP contribution in [0.3, 0.4) is 0 Å². The van der Waals surface area contributed by atoms with Crippen LogP contribution >= 0.6 is 15.9 Å². The predicted molar refractivity (Wildman–Crippen MR) is 122 cm³/mol. The minimum Gasteiger partial charge on any atom is -0.353 e. The lowest BCUT2D eigenvalue weighted by Gasteiger charge is -2.10. The van der Waals surface area contributed by atoms with Gasteiger partial charge < -0.3 is 16.0 Å². The smallest absolute Gasteiger partial charge is 0.239 e. The van der Waals surface area contributed by atoms with Gasteiger partial charge in [0.15, 0.2) is 11.5 Å². The molecule has 0 spiro atoms. The number of halogens is 1. The van der Waals surface area contributed by atoms with Gasteiger partial charge in [0.1, 0.15) is 0 Å². The van der Waals surface area contributed by atoms with Gasteiger partial charge in [-0.05, 0) is 42.0 Å². The Morgan fingerprint density at radius 1 is 1.10 bits per heavy atom. The van der Waals surface area contributed by atoms with Crippen molar-refractivity contribution in [3.8, 4) is 11.4 Å². The fraction of sp³-hybridized carbons (Fsp3) is 0.238. The number of anilines is 1. The zero-order chi connectivity index (χ0) is 21.1. The summed E-state index contributed by atoms with van der Waals surface area (Å²) in [7, 11) is 1.84. The van der Waals surface area contributed by atoms with Crippen LogP contribution in [0, 0.1) is 6.92 Å². The monoisotopic (exact) mass is 467 g/mol. The van der Waals surface area contributed by atoms with Gasteiger partial charge in [0.2, 0.25) is 11.9 Å². The molecule has 0 bridgehead atoms. The number of fused-ring (bicyclic) bond motifs is 3. The third-order valence-electron chi connectivity index (χ3n) is 4.67. The number of carbonyl (C=O) groups excluding carboxylic acids is 1. The standard InChI is InChI=1S/C21H22BrN7O/c1-13-6-8-14(9-7-13)19-27-20-15-4-3-5-16(22)18(15)26-21(29(20)28-19)25-12-17(30)24-11-10-23-2/h3-9,23H,10-12H2,1-2H3,(H,24,30)(H,25,26). The average Bonchev–Trinajstić information content (AvgIpc) is 3.19. The fourth-order valence-electron chi connectivity index (χ4n) is 3.08. The Hall–Kier alpha value is -3.04. The van der Waals surface area contributed by atoms with Gasteiger partial charge in [-0.2, -0.15) is 4.52 Å². The van der Waals surface area contributed by atoms with Crippen molar-refractivity contribution in [2.75, 3.05) is 32.0 Å². The molecule has 0 unspecified atom stereocenters. The van der Waals surface area contributed by atoms with Crippen LogP contribution < -0.4 is 16.0 Å². The molecule has 0 aliphatic carbocycles. The molecular weight excluding hydrogens is 446 g/mol. The van der Waals surface area contributed by atoms with Crippen LogP contribution in [-0.2, 0) is 4.79 Å². The Labute approximate surface area is 182 Å². The number of hydrogen-bond acceptors (Lipinski definition) is 6. The number of hydrogen-bond donors (Lipinski definition) is 3. The molecule has 0 radical (unpaired) electrons. The SMILES string of the molecule is CNCCNC(=O)CNc1nc2c(Br)cccc2c2nc(-c3ccc(C)cc3)nn12. The van der Waals surface area contributed by atoms with E-state index in [1.54, 1.807) is 4.52 Å². The molecule has 0 saturated heterocycles. The lowest BCUT2D eigenvalue weighted by atomic mass is 10.1. The van der Waals surface area contributed by atoms with Crippen LogP contribution in [0.1, 0.15) is 5.56 Å². The first-order valence-electron chi connectivity index (χ1n) is 9.64. The first-order chi connectivity index (χ1) is 14.6. The second-order valence-electron chi connectivity index (χ2n) is 6.92. The van der Waals surface area contributed by atoms with E-state index in [2.05, 4.69) is 37.0 Å². The van der Waals surface area contributed by atoms with Gasteiger partial charge in [-0.3, -0.25) is 4.79 Å². The zero-order valence-electron chi connectivity index (χ0n) is 16.7. The third-order valence-corrected chi connectivity index (χ3v) is 5.31. The molecule has 9 heteroatoms. The fourth-order valence-corrected chi connectivity index (χ4v) is 3.54. The average molecular weight is 468 g/mol. The quantitative estimate of drug-likeness (QED) is 0.361. The highest BCUT2D eigenvalue weighted by atomic mass is 79.9. The van der Waals surface area contributed by atoms with E-state index >= 15 is 0 Å². The number of benzene rings is 2. The molecule has 154 valence electrons. The summed E-state index contributed by atoms with van der Waals surface area (Å²) in [6.45, 7) is 3.39. The molecule has 2 aromatic heterocycles.